The highest BCUT2D eigenvalue weighted by molar-refractivity contribution is 7.98. The van der Waals surface area contributed by atoms with E-state index in [9.17, 15) is 9.59 Å². The molecule has 1 amide bonds. The molecule has 1 aliphatic rings. The Hall–Kier alpha value is -1.56. The van der Waals surface area contributed by atoms with Gasteiger partial charge in [0.1, 0.15) is 11.6 Å². The van der Waals surface area contributed by atoms with Crippen LogP contribution in [0.25, 0.3) is 0 Å². The van der Waals surface area contributed by atoms with Gasteiger partial charge in [0.2, 0.25) is 0 Å². The fourth-order valence-electron chi connectivity index (χ4n) is 1.88. The average Bonchev–Trinajstić information content (AvgIpc) is 3.20. The molecule has 0 atom stereocenters. The molecule has 0 unspecified atom stereocenters. The Morgan fingerprint density at radius 2 is 2.26 bits per heavy atom. The largest absolute Gasteiger partial charge is 0.480 e. The van der Waals surface area contributed by atoms with Crippen molar-refractivity contribution in [1.82, 2.24) is 9.88 Å². The molecule has 5 nitrogen and oxygen atoms in total. The number of thioether (sulfide) groups is 1. The van der Waals surface area contributed by atoms with E-state index >= 15 is 0 Å². The van der Waals surface area contributed by atoms with Gasteiger partial charge in [0.25, 0.3) is 5.91 Å². The summed E-state index contributed by atoms with van der Waals surface area (Å²) in [6.07, 6.45) is 5.63. The van der Waals surface area contributed by atoms with E-state index in [-0.39, 0.29) is 12.5 Å². The number of pyridine rings is 1. The Morgan fingerprint density at radius 1 is 1.53 bits per heavy atom. The number of amides is 1. The first-order chi connectivity index (χ1) is 9.11. The van der Waals surface area contributed by atoms with E-state index < -0.39 is 5.97 Å². The highest BCUT2D eigenvalue weighted by atomic mass is 32.2. The second-order valence-electron chi connectivity index (χ2n) is 4.58. The van der Waals surface area contributed by atoms with Crippen molar-refractivity contribution in [2.75, 3.05) is 19.3 Å². The summed E-state index contributed by atoms with van der Waals surface area (Å²) >= 11 is 1.39. The number of hydrogen-bond donors (Lipinski definition) is 1. The predicted octanol–water partition coefficient (Wildman–Crippen LogP) is 1.74. The number of carboxylic acid groups (broad SMARTS) is 1. The lowest BCUT2D eigenvalue weighted by atomic mass is 10.2. The zero-order valence-corrected chi connectivity index (χ0v) is 11.5. The molecule has 1 N–H and O–H groups in total. The van der Waals surface area contributed by atoms with Gasteiger partial charge in [-0.15, -0.1) is 11.8 Å². The van der Waals surface area contributed by atoms with Crippen molar-refractivity contribution in [2.24, 2.45) is 5.92 Å². The zero-order chi connectivity index (χ0) is 13.8. The van der Waals surface area contributed by atoms with Gasteiger partial charge in [0, 0.05) is 12.7 Å². The summed E-state index contributed by atoms with van der Waals surface area (Å²) in [7, 11) is 0. The molecule has 1 aromatic rings. The Labute approximate surface area is 116 Å². The minimum Gasteiger partial charge on any atom is -0.480 e. The number of aromatic nitrogens is 1. The van der Waals surface area contributed by atoms with Crippen LogP contribution in [0, 0.1) is 5.92 Å². The van der Waals surface area contributed by atoms with Gasteiger partial charge in [-0.3, -0.25) is 9.59 Å². The SMILES string of the molecule is CSc1ncccc1C(=O)N(CC(=O)O)CC1CC1. The number of hydrogen-bond acceptors (Lipinski definition) is 4. The lowest BCUT2D eigenvalue weighted by molar-refractivity contribution is -0.137. The molecule has 6 heteroatoms. The lowest BCUT2D eigenvalue weighted by Crippen LogP contribution is -2.37. The zero-order valence-electron chi connectivity index (χ0n) is 10.7. The minimum absolute atomic E-state index is 0.244. The van der Waals surface area contributed by atoms with Crippen molar-refractivity contribution in [1.29, 1.82) is 0 Å². The molecule has 1 heterocycles. The van der Waals surface area contributed by atoms with Gasteiger partial charge < -0.3 is 10.0 Å². The van der Waals surface area contributed by atoms with Crippen LogP contribution in [0.2, 0.25) is 0 Å². The van der Waals surface area contributed by atoms with Gasteiger partial charge in [-0.1, -0.05) is 0 Å². The van der Waals surface area contributed by atoms with E-state index in [0.29, 0.717) is 23.1 Å². The molecular formula is C13H16N2O3S. The fraction of sp³-hybridized carbons (Fsp3) is 0.462. The van der Waals surface area contributed by atoms with E-state index in [2.05, 4.69) is 4.98 Å². The molecule has 0 bridgehead atoms. The van der Waals surface area contributed by atoms with Gasteiger partial charge in [-0.25, -0.2) is 4.98 Å². The molecule has 2 rings (SSSR count). The van der Waals surface area contributed by atoms with Gasteiger partial charge >= 0.3 is 5.97 Å². The minimum atomic E-state index is -0.983. The number of carbonyl (C=O) groups is 2. The number of nitrogens with zero attached hydrogens (tertiary/aromatic N) is 2. The van der Waals surface area contributed by atoms with Crippen molar-refractivity contribution in [3.05, 3.63) is 23.9 Å². The van der Waals surface area contributed by atoms with Crippen LogP contribution in [0.1, 0.15) is 23.2 Å². The first-order valence-electron chi connectivity index (χ1n) is 6.12. The van der Waals surface area contributed by atoms with Gasteiger partial charge in [-0.05, 0) is 37.1 Å². The Kier molecular flexibility index (Phi) is 4.42. The summed E-state index contributed by atoms with van der Waals surface area (Å²) in [5.41, 5.74) is 0.483. The topological polar surface area (TPSA) is 70.5 Å². The number of aliphatic carboxylic acids is 1. The monoisotopic (exact) mass is 280 g/mol. The van der Waals surface area contributed by atoms with Crippen molar-refractivity contribution in [2.45, 2.75) is 17.9 Å². The van der Waals surface area contributed by atoms with E-state index in [1.807, 2.05) is 6.26 Å². The summed E-state index contributed by atoms with van der Waals surface area (Å²) in [5.74, 6) is -0.770. The second-order valence-corrected chi connectivity index (χ2v) is 5.38. The molecule has 0 radical (unpaired) electrons. The molecular weight excluding hydrogens is 264 g/mol. The Morgan fingerprint density at radius 3 is 2.84 bits per heavy atom. The molecule has 0 spiro atoms. The summed E-state index contributed by atoms with van der Waals surface area (Å²) in [6.45, 7) is 0.270. The predicted molar refractivity (Wildman–Crippen MR) is 72.3 cm³/mol. The maximum absolute atomic E-state index is 12.4. The van der Waals surface area contributed by atoms with Crippen molar-refractivity contribution in [3.63, 3.8) is 0 Å². The Balaban J connectivity index is 2.19. The third-order valence-corrected chi connectivity index (χ3v) is 3.70. The average molecular weight is 280 g/mol. The van der Waals surface area contributed by atoms with E-state index in [1.54, 1.807) is 18.3 Å². The number of carboxylic acids is 1. The second kappa shape index (κ2) is 6.06. The molecule has 0 aliphatic heterocycles. The van der Waals surface area contributed by atoms with Crippen LogP contribution in [-0.4, -0.2) is 46.2 Å². The first kappa shape index (κ1) is 13.9. The van der Waals surface area contributed by atoms with Crippen LogP contribution < -0.4 is 0 Å². The van der Waals surface area contributed by atoms with Crippen LogP contribution in [0.5, 0.6) is 0 Å². The molecule has 102 valence electrons. The van der Waals surface area contributed by atoms with Crippen LogP contribution >= 0.6 is 11.8 Å². The Bertz CT molecular complexity index is 489. The molecule has 0 aromatic carbocycles. The lowest BCUT2D eigenvalue weighted by Gasteiger charge is -2.21. The van der Waals surface area contributed by atoms with E-state index in [4.69, 9.17) is 5.11 Å². The third-order valence-electron chi connectivity index (χ3n) is 2.98. The standard InChI is InChI=1S/C13H16N2O3S/c1-19-12-10(3-2-6-14-12)13(18)15(8-11(16)17)7-9-4-5-9/h2-3,6,9H,4-5,7-8H2,1H3,(H,16,17). The van der Waals surface area contributed by atoms with Gasteiger partial charge in [-0.2, -0.15) is 0 Å². The van der Waals surface area contributed by atoms with Crippen LogP contribution in [0.4, 0.5) is 0 Å². The fourth-order valence-corrected chi connectivity index (χ4v) is 2.42. The van der Waals surface area contributed by atoms with Crippen molar-refractivity contribution < 1.29 is 14.7 Å². The van der Waals surface area contributed by atoms with Crippen LogP contribution in [0.15, 0.2) is 23.4 Å². The van der Waals surface area contributed by atoms with Gasteiger partial charge in [0.15, 0.2) is 0 Å². The van der Waals surface area contributed by atoms with Crippen LogP contribution in [-0.2, 0) is 4.79 Å². The molecule has 1 saturated carbocycles. The summed E-state index contributed by atoms with van der Waals surface area (Å²) in [5, 5.41) is 9.56. The van der Waals surface area contributed by atoms with Gasteiger partial charge in [0.05, 0.1) is 5.56 Å². The normalized spacial score (nSPS) is 14.2. The maximum Gasteiger partial charge on any atom is 0.323 e. The maximum atomic E-state index is 12.4. The third kappa shape index (κ3) is 3.70. The number of rotatable bonds is 6. The quantitative estimate of drug-likeness (QED) is 0.804. The highest BCUT2D eigenvalue weighted by Gasteiger charge is 2.29. The van der Waals surface area contributed by atoms with E-state index in [0.717, 1.165) is 12.8 Å². The highest BCUT2D eigenvalue weighted by Crippen LogP contribution is 2.30. The molecule has 19 heavy (non-hydrogen) atoms. The molecule has 1 fully saturated rings. The molecule has 1 aromatic heterocycles. The van der Waals surface area contributed by atoms with Crippen molar-refractivity contribution in [3.8, 4) is 0 Å². The smallest absolute Gasteiger partial charge is 0.323 e. The number of carbonyl (C=O) groups excluding carboxylic acids is 1. The van der Waals surface area contributed by atoms with Crippen LogP contribution in [0.3, 0.4) is 0 Å². The van der Waals surface area contributed by atoms with Crippen molar-refractivity contribution >= 4 is 23.6 Å². The summed E-state index contributed by atoms with van der Waals surface area (Å²) < 4.78 is 0. The van der Waals surface area contributed by atoms with E-state index in [1.165, 1.54) is 16.7 Å². The molecule has 1 aliphatic carbocycles. The summed E-state index contributed by atoms with van der Waals surface area (Å²) in [6, 6.07) is 3.39. The first-order valence-corrected chi connectivity index (χ1v) is 7.34. The summed E-state index contributed by atoms with van der Waals surface area (Å²) in [4.78, 5) is 28.9. The molecule has 0 saturated heterocycles.